The number of hydrogen-bond acceptors (Lipinski definition) is 5. The van der Waals surface area contributed by atoms with E-state index in [1.807, 2.05) is 35.2 Å². The molecule has 0 N–H and O–H groups in total. The zero-order valence-corrected chi connectivity index (χ0v) is 16.5. The van der Waals surface area contributed by atoms with Gasteiger partial charge in [0.1, 0.15) is 11.5 Å². The first kappa shape index (κ1) is 19.0. The van der Waals surface area contributed by atoms with E-state index in [9.17, 15) is 13.2 Å². The number of hydrogen-bond donors (Lipinski definition) is 0. The Labute approximate surface area is 165 Å². The number of sulfone groups is 1. The average molecular weight is 401 g/mol. The van der Waals surface area contributed by atoms with Gasteiger partial charge in [-0.15, -0.1) is 0 Å². The minimum atomic E-state index is -2.88. The number of rotatable bonds is 4. The maximum atomic E-state index is 12.8. The summed E-state index contributed by atoms with van der Waals surface area (Å²) in [4.78, 5) is 16.8. The number of para-hydroxylation sites is 1. The van der Waals surface area contributed by atoms with Crippen LogP contribution in [0, 0.1) is 0 Å². The van der Waals surface area contributed by atoms with Crippen LogP contribution < -0.4 is 4.74 Å². The highest BCUT2D eigenvalue weighted by Crippen LogP contribution is 2.23. The van der Waals surface area contributed by atoms with Crippen LogP contribution in [0.1, 0.15) is 16.8 Å². The van der Waals surface area contributed by atoms with Gasteiger partial charge in [0.2, 0.25) is 0 Å². The Morgan fingerprint density at radius 2 is 1.54 bits per heavy atom. The highest BCUT2D eigenvalue weighted by atomic mass is 32.2. The molecule has 2 aromatic rings. The summed E-state index contributed by atoms with van der Waals surface area (Å²) in [5, 5.41) is 0. The monoisotopic (exact) mass is 400 g/mol. The van der Waals surface area contributed by atoms with E-state index in [1.165, 1.54) is 0 Å². The number of ether oxygens (including phenoxy) is 1. The molecule has 2 aliphatic rings. The SMILES string of the molecule is O=C(c1ccc(Oc2ccccc2)cc1)N1CCN([C@@H]2CCS(=O)(=O)C2)CC1. The Morgan fingerprint density at radius 3 is 2.14 bits per heavy atom. The molecule has 1 atom stereocenters. The molecular formula is C21H24N2O4S. The van der Waals surface area contributed by atoms with Crippen LogP contribution in [0.3, 0.4) is 0 Å². The topological polar surface area (TPSA) is 66.9 Å². The number of carbonyl (C=O) groups excluding carboxylic acids is 1. The zero-order chi connectivity index (χ0) is 19.6. The Bertz CT molecular complexity index is 921. The summed E-state index contributed by atoms with van der Waals surface area (Å²) in [5.41, 5.74) is 0.636. The van der Waals surface area contributed by atoms with E-state index < -0.39 is 9.84 Å². The molecule has 2 aliphatic heterocycles. The van der Waals surface area contributed by atoms with E-state index in [2.05, 4.69) is 4.90 Å². The second-order valence-corrected chi connectivity index (χ2v) is 9.55. The number of piperazine rings is 1. The molecule has 4 rings (SSSR count). The van der Waals surface area contributed by atoms with E-state index >= 15 is 0 Å². The van der Waals surface area contributed by atoms with Gasteiger partial charge in [0.05, 0.1) is 11.5 Å². The standard InChI is InChI=1S/C21H24N2O4S/c24-21(17-6-8-20(9-7-17)27-19-4-2-1-3-5-19)23-13-11-22(12-14-23)18-10-15-28(25,26)16-18/h1-9,18H,10-16H2/t18-/m1/s1. The summed E-state index contributed by atoms with van der Waals surface area (Å²) in [7, 11) is -2.88. The van der Waals surface area contributed by atoms with Gasteiger partial charge in [-0.25, -0.2) is 8.42 Å². The Balaban J connectivity index is 1.32. The number of nitrogens with zero attached hydrogens (tertiary/aromatic N) is 2. The lowest BCUT2D eigenvalue weighted by Crippen LogP contribution is -2.52. The first-order chi connectivity index (χ1) is 13.5. The van der Waals surface area contributed by atoms with E-state index in [0.29, 0.717) is 30.8 Å². The third kappa shape index (κ3) is 4.36. The van der Waals surface area contributed by atoms with Crippen molar-refractivity contribution in [3.8, 4) is 11.5 Å². The molecule has 0 spiro atoms. The van der Waals surface area contributed by atoms with Crippen LogP contribution in [0.4, 0.5) is 0 Å². The lowest BCUT2D eigenvalue weighted by molar-refractivity contribution is 0.0588. The summed E-state index contributed by atoms with van der Waals surface area (Å²) < 4.78 is 29.1. The molecule has 0 aliphatic carbocycles. The van der Waals surface area contributed by atoms with Crippen LogP contribution in [-0.4, -0.2) is 67.9 Å². The van der Waals surface area contributed by atoms with Crippen molar-refractivity contribution >= 4 is 15.7 Å². The third-order valence-corrected chi connectivity index (χ3v) is 7.16. The second-order valence-electron chi connectivity index (χ2n) is 7.32. The number of benzene rings is 2. The molecule has 0 bridgehead atoms. The fourth-order valence-electron chi connectivity index (χ4n) is 3.83. The van der Waals surface area contributed by atoms with Crippen molar-refractivity contribution in [2.45, 2.75) is 12.5 Å². The van der Waals surface area contributed by atoms with Gasteiger partial charge >= 0.3 is 0 Å². The van der Waals surface area contributed by atoms with Crippen molar-refractivity contribution in [1.29, 1.82) is 0 Å². The van der Waals surface area contributed by atoms with Crippen molar-refractivity contribution in [3.63, 3.8) is 0 Å². The summed E-state index contributed by atoms with van der Waals surface area (Å²) in [5.74, 6) is 1.99. The van der Waals surface area contributed by atoms with Crippen LogP contribution in [0.2, 0.25) is 0 Å². The van der Waals surface area contributed by atoms with Crippen LogP contribution in [0.5, 0.6) is 11.5 Å². The smallest absolute Gasteiger partial charge is 0.253 e. The third-order valence-electron chi connectivity index (χ3n) is 5.41. The lowest BCUT2D eigenvalue weighted by atomic mass is 10.1. The maximum absolute atomic E-state index is 12.8. The molecule has 7 heteroatoms. The fourth-order valence-corrected chi connectivity index (χ4v) is 5.59. The molecule has 148 valence electrons. The molecule has 0 aromatic heterocycles. The number of carbonyl (C=O) groups is 1. The van der Waals surface area contributed by atoms with Crippen molar-refractivity contribution in [3.05, 3.63) is 60.2 Å². The van der Waals surface area contributed by atoms with Gasteiger partial charge in [-0.1, -0.05) is 18.2 Å². The summed E-state index contributed by atoms with van der Waals surface area (Å²) in [6.07, 6.45) is 0.707. The van der Waals surface area contributed by atoms with E-state index in [-0.39, 0.29) is 23.5 Å². The predicted octanol–water partition coefficient (Wildman–Crippen LogP) is 2.42. The molecule has 0 unspecified atom stereocenters. The normalized spacial score (nSPS) is 22.1. The first-order valence-electron chi connectivity index (χ1n) is 9.57. The first-order valence-corrected chi connectivity index (χ1v) is 11.4. The lowest BCUT2D eigenvalue weighted by Gasteiger charge is -2.37. The summed E-state index contributed by atoms with van der Waals surface area (Å²) >= 11 is 0. The van der Waals surface area contributed by atoms with Crippen molar-refractivity contribution in [2.75, 3.05) is 37.7 Å². The van der Waals surface area contributed by atoms with Crippen LogP contribution in [0.25, 0.3) is 0 Å². The van der Waals surface area contributed by atoms with Gasteiger partial charge in [0.25, 0.3) is 5.91 Å². The highest BCUT2D eigenvalue weighted by molar-refractivity contribution is 7.91. The Hall–Kier alpha value is -2.38. The predicted molar refractivity (Wildman–Crippen MR) is 107 cm³/mol. The molecular weight excluding hydrogens is 376 g/mol. The van der Waals surface area contributed by atoms with Crippen LogP contribution in [-0.2, 0) is 9.84 Å². The molecule has 28 heavy (non-hydrogen) atoms. The van der Waals surface area contributed by atoms with Gasteiger partial charge < -0.3 is 9.64 Å². The summed E-state index contributed by atoms with van der Waals surface area (Å²) in [6, 6.07) is 16.8. The maximum Gasteiger partial charge on any atom is 0.253 e. The molecule has 2 heterocycles. The Morgan fingerprint density at radius 1 is 0.893 bits per heavy atom. The molecule has 6 nitrogen and oxygen atoms in total. The minimum absolute atomic E-state index is 0.00459. The molecule has 2 saturated heterocycles. The fraction of sp³-hybridized carbons (Fsp3) is 0.381. The quantitative estimate of drug-likeness (QED) is 0.789. The van der Waals surface area contributed by atoms with E-state index in [1.54, 1.807) is 24.3 Å². The molecule has 2 fully saturated rings. The van der Waals surface area contributed by atoms with Gasteiger partial charge in [-0.05, 0) is 42.8 Å². The Kier molecular flexibility index (Phi) is 5.37. The van der Waals surface area contributed by atoms with E-state index in [0.717, 1.165) is 18.8 Å². The largest absolute Gasteiger partial charge is 0.457 e. The highest BCUT2D eigenvalue weighted by Gasteiger charge is 2.34. The van der Waals surface area contributed by atoms with Crippen molar-refractivity contribution in [1.82, 2.24) is 9.80 Å². The van der Waals surface area contributed by atoms with Crippen LogP contribution >= 0.6 is 0 Å². The van der Waals surface area contributed by atoms with E-state index in [4.69, 9.17) is 4.74 Å². The molecule has 1 amide bonds. The average Bonchev–Trinajstić information content (AvgIpc) is 3.09. The van der Waals surface area contributed by atoms with Crippen molar-refractivity contribution in [2.24, 2.45) is 0 Å². The van der Waals surface area contributed by atoms with Gasteiger partial charge in [-0.3, -0.25) is 9.69 Å². The summed E-state index contributed by atoms with van der Waals surface area (Å²) in [6.45, 7) is 2.69. The van der Waals surface area contributed by atoms with Gasteiger partial charge in [0.15, 0.2) is 9.84 Å². The van der Waals surface area contributed by atoms with Crippen LogP contribution in [0.15, 0.2) is 54.6 Å². The van der Waals surface area contributed by atoms with Gasteiger partial charge in [-0.2, -0.15) is 0 Å². The zero-order valence-electron chi connectivity index (χ0n) is 15.7. The van der Waals surface area contributed by atoms with Crippen molar-refractivity contribution < 1.29 is 17.9 Å². The molecule has 0 saturated carbocycles. The molecule has 0 radical (unpaired) electrons. The minimum Gasteiger partial charge on any atom is -0.457 e. The number of amides is 1. The second kappa shape index (κ2) is 7.93. The molecule has 2 aromatic carbocycles. The van der Waals surface area contributed by atoms with Gasteiger partial charge in [0, 0.05) is 37.8 Å².